The first kappa shape index (κ1) is 15.8. The van der Waals surface area contributed by atoms with E-state index in [2.05, 4.69) is 4.72 Å². The molecular weight excluding hydrogens is 228 g/mol. The minimum atomic E-state index is -3.41. The Hall–Kier alpha value is -0.170. The lowest BCUT2D eigenvalue weighted by Gasteiger charge is -2.22. The lowest BCUT2D eigenvalue weighted by atomic mass is 10.1. The molecule has 0 aliphatic carbocycles. The third kappa shape index (κ3) is 5.25. The van der Waals surface area contributed by atoms with Crippen LogP contribution in [-0.4, -0.2) is 43.6 Å². The summed E-state index contributed by atoms with van der Waals surface area (Å²) in [7, 11) is -1.88. The second kappa shape index (κ2) is 6.54. The molecule has 0 radical (unpaired) electrons. The summed E-state index contributed by atoms with van der Waals surface area (Å²) in [4.78, 5) is 0. The standard InChI is InChI=1S/C10H24N2O3S/c1-8(2)10(13)6-7-11-16(14,15)12(5)9(3)4/h8-11,13H,6-7H2,1-5H3. The number of rotatable bonds is 7. The van der Waals surface area contributed by atoms with Crippen molar-refractivity contribution in [2.45, 2.75) is 46.3 Å². The average Bonchev–Trinajstić information content (AvgIpc) is 2.15. The molecule has 98 valence electrons. The topological polar surface area (TPSA) is 69.6 Å². The van der Waals surface area contributed by atoms with Crippen LogP contribution in [-0.2, 0) is 10.2 Å². The van der Waals surface area contributed by atoms with Crippen molar-refractivity contribution in [3.05, 3.63) is 0 Å². The molecule has 0 aromatic carbocycles. The Morgan fingerprint density at radius 2 is 1.75 bits per heavy atom. The van der Waals surface area contributed by atoms with Gasteiger partial charge in [0.15, 0.2) is 0 Å². The molecule has 16 heavy (non-hydrogen) atoms. The summed E-state index contributed by atoms with van der Waals surface area (Å²) in [5.41, 5.74) is 0. The Bertz CT molecular complexity index is 288. The molecule has 0 amide bonds. The predicted molar refractivity (Wildman–Crippen MR) is 65.3 cm³/mol. The highest BCUT2D eigenvalue weighted by atomic mass is 32.2. The maximum Gasteiger partial charge on any atom is 0.279 e. The minimum absolute atomic E-state index is 0.0764. The van der Waals surface area contributed by atoms with E-state index in [9.17, 15) is 13.5 Å². The van der Waals surface area contributed by atoms with Crippen LogP contribution in [0.25, 0.3) is 0 Å². The van der Waals surface area contributed by atoms with Gasteiger partial charge in [-0.15, -0.1) is 0 Å². The Morgan fingerprint density at radius 1 is 1.25 bits per heavy atom. The number of hydrogen-bond donors (Lipinski definition) is 2. The Kier molecular flexibility index (Phi) is 6.47. The molecule has 0 spiro atoms. The second-order valence-electron chi connectivity index (χ2n) is 4.61. The van der Waals surface area contributed by atoms with Gasteiger partial charge in [0.05, 0.1) is 6.10 Å². The largest absolute Gasteiger partial charge is 0.393 e. The van der Waals surface area contributed by atoms with Gasteiger partial charge in [-0.05, 0) is 26.2 Å². The van der Waals surface area contributed by atoms with E-state index < -0.39 is 16.3 Å². The first-order chi connectivity index (χ1) is 7.18. The molecule has 0 fully saturated rings. The lowest BCUT2D eigenvalue weighted by Crippen LogP contribution is -2.42. The summed E-state index contributed by atoms with van der Waals surface area (Å²) in [5, 5.41) is 9.52. The minimum Gasteiger partial charge on any atom is -0.393 e. The Balaban J connectivity index is 4.11. The van der Waals surface area contributed by atoms with Gasteiger partial charge in [0.1, 0.15) is 0 Å². The van der Waals surface area contributed by atoms with Crippen LogP contribution in [0.3, 0.4) is 0 Å². The van der Waals surface area contributed by atoms with Crippen molar-refractivity contribution in [2.75, 3.05) is 13.6 Å². The number of aliphatic hydroxyl groups excluding tert-OH is 1. The summed E-state index contributed by atoms with van der Waals surface area (Å²) in [5.74, 6) is 0.146. The quantitative estimate of drug-likeness (QED) is 0.696. The molecule has 0 aliphatic rings. The van der Waals surface area contributed by atoms with E-state index in [1.165, 1.54) is 11.4 Å². The van der Waals surface area contributed by atoms with Crippen LogP contribution in [0.1, 0.15) is 34.1 Å². The molecule has 6 heteroatoms. The van der Waals surface area contributed by atoms with Crippen LogP contribution in [0, 0.1) is 5.92 Å². The zero-order valence-corrected chi connectivity index (χ0v) is 11.6. The van der Waals surface area contributed by atoms with Gasteiger partial charge in [-0.1, -0.05) is 13.8 Å². The maximum atomic E-state index is 11.7. The number of hydrogen-bond acceptors (Lipinski definition) is 3. The molecule has 0 heterocycles. The highest BCUT2D eigenvalue weighted by Crippen LogP contribution is 2.05. The van der Waals surface area contributed by atoms with Crippen LogP contribution in [0.5, 0.6) is 0 Å². The fourth-order valence-electron chi connectivity index (χ4n) is 1.05. The molecule has 0 aromatic heterocycles. The summed E-state index contributed by atoms with van der Waals surface area (Å²) in [6.45, 7) is 7.68. The van der Waals surface area contributed by atoms with Crippen LogP contribution in [0.4, 0.5) is 0 Å². The van der Waals surface area contributed by atoms with Gasteiger partial charge < -0.3 is 5.11 Å². The maximum absolute atomic E-state index is 11.7. The smallest absolute Gasteiger partial charge is 0.279 e. The molecule has 5 nitrogen and oxygen atoms in total. The molecule has 0 aromatic rings. The van der Waals surface area contributed by atoms with Crippen molar-refractivity contribution in [1.82, 2.24) is 9.03 Å². The Morgan fingerprint density at radius 3 is 2.12 bits per heavy atom. The van der Waals surface area contributed by atoms with Crippen molar-refractivity contribution in [2.24, 2.45) is 5.92 Å². The predicted octanol–water partition coefficient (Wildman–Crippen LogP) is 0.568. The molecule has 1 unspecified atom stereocenters. The summed E-state index contributed by atoms with van der Waals surface area (Å²) in [6, 6.07) is -0.0764. The number of nitrogens with one attached hydrogen (secondary N) is 1. The zero-order chi connectivity index (χ0) is 12.9. The number of aliphatic hydroxyl groups is 1. The third-order valence-corrected chi connectivity index (χ3v) is 4.35. The zero-order valence-electron chi connectivity index (χ0n) is 10.8. The summed E-state index contributed by atoms with van der Waals surface area (Å²) in [6.07, 6.45) is -0.0323. The fourth-order valence-corrected chi connectivity index (χ4v) is 2.18. The van der Waals surface area contributed by atoms with E-state index in [-0.39, 0.29) is 18.5 Å². The lowest BCUT2D eigenvalue weighted by molar-refractivity contribution is 0.117. The van der Waals surface area contributed by atoms with Crippen LogP contribution in [0.2, 0.25) is 0 Å². The van der Waals surface area contributed by atoms with Crippen LogP contribution in [0.15, 0.2) is 0 Å². The second-order valence-corrected chi connectivity index (χ2v) is 6.42. The first-order valence-corrected chi connectivity index (χ1v) is 7.03. The molecular formula is C10H24N2O3S. The van der Waals surface area contributed by atoms with Gasteiger partial charge >= 0.3 is 0 Å². The van der Waals surface area contributed by atoms with Gasteiger partial charge in [-0.25, -0.2) is 4.72 Å². The van der Waals surface area contributed by atoms with E-state index in [4.69, 9.17) is 0 Å². The summed E-state index contributed by atoms with van der Waals surface area (Å²) < 4.78 is 27.0. The van der Waals surface area contributed by atoms with Crippen molar-refractivity contribution in [3.63, 3.8) is 0 Å². The first-order valence-electron chi connectivity index (χ1n) is 5.59. The molecule has 0 rings (SSSR count). The van der Waals surface area contributed by atoms with Crippen molar-refractivity contribution >= 4 is 10.2 Å². The Labute approximate surface area is 99.0 Å². The fraction of sp³-hybridized carbons (Fsp3) is 1.00. The molecule has 0 aliphatic heterocycles. The van der Waals surface area contributed by atoms with E-state index in [0.717, 1.165) is 0 Å². The highest BCUT2D eigenvalue weighted by Gasteiger charge is 2.20. The van der Waals surface area contributed by atoms with Crippen molar-refractivity contribution in [3.8, 4) is 0 Å². The molecule has 0 saturated carbocycles. The van der Waals surface area contributed by atoms with Crippen molar-refractivity contribution < 1.29 is 13.5 Å². The molecule has 0 saturated heterocycles. The van der Waals surface area contributed by atoms with Crippen molar-refractivity contribution in [1.29, 1.82) is 0 Å². The average molecular weight is 252 g/mol. The molecule has 1 atom stereocenters. The summed E-state index contributed by atoms with van der Waals surface area (Å²) >= 11 is 0. The van der Waals surface area contributed by atoms with Gasteiger partial charge in [0.2, 0.25) is 0 Å². The van der Waals surface area contributed by atoms with E-state index in [1.54, 1.807) is 0 Å². The van der Waals surface area contributed by atoms with Gasteiger partial charge in [0.25, 0.3) is 10.2 Å². The number of nitrogens with zero attached hydrogens (tertiary/aromatic N) is 1. The van der Waals surface area contributed by atoms with E-state index in [1.807, 2.05) is 27.7 Å². The highest BCUT2D eigenvalue weighted by molar-refractivity contribution is 7.87. The van der Waals surface area contributed by atoms with E-state index in [0.29, 0.717) is 6.42 Å². The molecule has 2 N–H and O–H groups in total. The van der Waals surface area contributed by atoms with E-state index >= 15 is 0 Å². The third-order valence-electron chi connectivity index (χ3n) is 2.60. The van der Waals surface area contributed by atoms with Crippen LogP contribution >= 0.6 is 0 Å². The normalized spacial score (nSPS) is 15.1. The van der Waals surface area contributed by atoms with Gasteiger partial charge in [-0.2, -0.15) is 12.7 Å². The molecule has 0 bridgehead atoms. The van der Waals surface area contributed by atoms with Gasteiger partial charge in [-0.3, -0.25) is 0 Å². The monoisotopic (exact) mass is 252 g/mol. The van der Waals surface area contributed by atoms with Crippen LogP contribution < -0.4 is 4.72 Å². The SMILES string of the molecule is CC(C)C(O)CCNS(=O)(=O)N(C)C(C)C. The van der Waals surface area contributed by atoms with Gasteiger partial charge in [0, 0.05) is 19.6 Å².